The summed E-state index contributed by atoms with van der Waals surface area (Å²) in [6.45, 7) is 6.56. The third-order valence-electron chi connectivity index (χ3n) is 7.36. The third-order valence-corrected chi connectivity index (χ3v) is 7.36. The lowest BCUT2D eigenvalue weighted by molar-refractivity contribution is -0.160. The second-order valence-electron chi connectivity index (χ2n) is 11.3. The van der Waals surface area contributed by atoms with Gasteiger partial charge in [-0.1, -0.05) is 97.8 Å². The van der Waals surface area contributed by atoms with Crippen LogP contribution in [0.4, 0.5) is 0 Å². The van der Waals surface area contributed by atoms with Gasteiger partial charge in [-0.2, -0.15) is 0 Å². The summed E-state index contributed by atoms with van der Waals surface area (Å²) in [5, 5.41) is 0. The SMILES string of the molecule is CCCCCCCC(=O)OCC(CCCC(OC(=O)CCCCCCC)c1ccoc1)OC(=O)CCCCCCC. The van der Waals surface area contributed by atoms with Crippen LogP contribution < -0.4 is 0 Å². The van der Waals surface area contributed by atoms with Gasteiger partial charge in [0.1, 0.15) is 18.8 Å². The van der Waals surface area contributed by atoms with Crippen molar-refractivity contribution in [1.29, 1.82) is 0 Å². The van der Waals surface area contributed by atoms with Crippen molar-refractivity contribution in [2.45, 2.75) is 168 Å². The molecule has 0 aliphatic carbocycles. The molecule has 1 heterocycles. The predicted octanol–water partition coefficient (Wildman–Crippen LogP) is 9.57. The van der Waals surface area contributed by atoms with Crippen molar-refractivity contribution in [3.63, 3.8) is 0 Å². The molecule has 0 bridgehead atoms. The molecule has 0 aliphatic heterocycles. The lowest BCUT2D eigenvalue weighted by Gasteiger charge is -2.20. The highest BCUT2D eigenvalue weighted by atomic mass is 16.6. The zero-order chi connectivity index (χ0) is 30.0. The number of carbonyl (C=O) groups is 3. The Balaban J connectivity index is 2.60. The highest BCUT2D eigenvalue weighted by Gasteiger charge is 2.21. The minimum Gasteiger partial charge on any atom is -0.472 e. The predicted molar refractivity (Wildman–Crippen MR) is 162 cm³/mol. The molecule has 41 heavy (non-hydrogen) atoms. The molecule has 2 atom stereocenters. The average Bonchev–Trinajstić information content (AvgIpc) is 3.50. The highest BCUT2D eigenvalue weighted by molar-refractivity contribution is 5.70. The Morgan fingerprint density at radius 2 is 1.15 bits per heavy atom. The molecule has 0 saturated heterocycles. The number of furan rings is 1. The lowest BCUT2D eigenvalue weighted by atomic mass is 10.0. The van der Waals surface area contributed by atoms with Gasteiger partial charge in [0.15, 0.2) is 0 Å². The summed E-state index contributed by atoms with van der Waals surface area (Å²) in [4.78, 5) is 37.4. The Hall–Kier alpha value is -2.31. The van der Waals surface area contributed by atoms with E-state index in [0.29, 0.717) is 38.5 Å². The van der Waals surface area contributed by atoms with Crippen LogP contribution in [0.1, 0.15) is 167 Å². The molecule has 0 radical (unpaired) electrons. The smallest absolute Gasteiger partial charge is 0.306 e. The van der Waals surface area contributed by atoms with Crippen molar-refractivity contribution >= 4 is 17.9 Å². The van der Waals surface area contributed by atoms with E-state index in [1.54, 1.807) is 12.5 Å². The molecule has 0 aliphatic rings. The normalized spacial score (nSPS) is 12.6. The summed E-state index contributed by atoms with van der Waals surface area (Å²) in [6.07, 6.45) is 21.1. The number of hydrogen-bond acceptors (Lipinski definition) is 7. The fraction of sp³-hybridized carbons (Fsp3) is 0.794. The summed E-state index contributed by atoms with van der Waals surface area (Å²) < 4.78 is 22.4. The van der Waals surface area contributed by atoms with Crippen LogP contribution in [-0.2, 0) is 28.6 Å². The van der Waals surface area contributed by atoms with Crippen LogP contribution in [0.15, 0.2) is 23.0 Å². The average molecular weight is 579 g/mol. The number of carbonyl (C=O) groups excluding carboxylic acids is 3. The molecule has 1 aromatic heterocycles. The zero-order valence-corrected chi connectivity index (χ0v) is 26.3. The van der Waals surface area contributed by atoms with Gasteiger partial charge in [0.25, 0.3) is 0 Å². The minimum atomic E-state index is -0.513. The van der Waals surface area contributed by atoms with Gasteiger partial charge < -0.3 is 18.6 Å². The maximum atomic E-state index is 12.6. The molecule has 7 heteroatoms. The van der Waals surface area contributed by atoms with Crippen LogP contribution >= 0.6 is 0 Å². The van der Waals surface area contributed by atoms with E-state index in [-0.39, 0.29) is 24.5 Å². The molecule has 0 N–H and O–H groups in total. The van der Waals surface area contributed by atoms with Crippen molar-refractivity contribution in [3.8, 4) is 0 Å². The number of ether oxygens (including phenoxy) is 3. The van der Waals surface area contributed by atoms with Crippen molar-refractivity contribution in [3.05, 3.63) is 24.2 Å². The molecule has 7 nitrogen and oxygen atoms in total. The summed E-state index contributed by atoms with van der Waals surface area (Å²) >= 11 is 0. The number of rotatable bonds is 27. The van der Waals surface area contributed by atoms with Gasteiger partial charge >= 0.3 is 17.9 Å². The summed E-state index contributed by atoms with van der Waals surface area (Å²) in [5.74, 6) is -0.694. The van der Waals surface area contributed by atoms with Gasteiger partial charge in [-0.3, -0.25) is 14.4 Å². The first kappa shape index (κ1) is 36.7. The molecule has 0 amide bonds. The zero-order valence-electron chi connectivity index (χ0n) is 26.3. The van der Waals surface area contributed by atoms with Gasteiger partial charge in [-0.25, -0.2) is 0 Å². The molecule has 1 aromatic rings. The van der Waals surface area contributed by atoms with Gasteiger partial charge in [-0.05, 0) is 44.6 Å². The quantitative estimate of drug-likeness (QED) is 0.0583. The summed E-state index contributed by atoms with van der Waals surface area (Å²) in [6, 6.07) is 1.82. The number of hydrogen-bond donors (Lipinski definition) is 0. The largest absolute Gasteiger partial charge is 0.472 e. The first-order valence-electron chi connectivity index (χ1n) is 16.6. The first-order valence-corrected chi connectivity index (χ1v) is 16.6. The van der Waals surface area contributed by atoms with Gasteiger partial charge in [0.2, 0.25) is 0 Å². The molecule has 0 fully saturated rings. The van der Waals surface area contributed by atoms with Gasteiger partial charge in [0, 0.05) is 24.8 Å². The lowest BCUT2D eigenvalue weighted by Crippen LogP contribution is -2.25. The molecule has 2 unspecified atom stereocenters. The Morgan fingerprint density at radius 1 is 0.634 bits per heavy atom. The number of esters is 3. The van der Waals surface area contributed by atoms with E-state index in [1.807, 2.05) is 6.07 Å². The van der Waals surface area contributed by atoms with E-state index >= 15 is 0 Å². The Morgan fingerprint density at radius 3 is 1.66 bits per heavy atom. The monoisotopic (exact) mass is 578 g/mol. The van der Waals surface area contributed by atoms with Crippen molar-refractivity contribution in [1.82, 2.24) is 0 Å². The van der Waals surface area contributed by atoms with Crippen LogP contribution in [0.5, 0.6) is 0 Å². The van der Waals surface area contributed by atoms with E-state index in [2.05, 4.69) is 20.8 Å². The summed E-state index contributed by atoms with van der Waals surface area (Å²) in [7, 11) is 0. The van der Waals surface area contributed by atoms with Crippen LogP contribution in [0.25, 0.3) is 0 Å². The van der Waals surface area contributed by atoms with Crippen LogP contribution in [0.2, 0.25) is 0 Å². The molecular formula is C34H58O7. The van der Waals surface area contributed by atoms with E-state index in [9.17, 15) is 14.4 Å². The van der Waals surface area contributed by atoms with Crippen molar-refractivity contribution in [2.24, 2.45) is 0 Å². The molecule has 0 spiro atoms. The van der Waals surface area contributed by atoms with Crippen LogP contribution in [-0.4, -0.2) is 30.6 Å². The standard InChI is InChI=1S/C34H58O7/c1-4-7-10-13-16-22-32(35)39-28-30(40-33(36)23-17-14-11-8-5-2)20-19-21-31(29-25-26-38-27-29)41-34(37)24-18-15-12-9-6-3/h25-27,30-31H,4-24,28H2,1-3H3. The van der Waals surface area contributed by atoms with E-state index < -0.39 is 12.2 Å². The highest BCUT2D eigenvalue weighted by Crippen LogP contribution is 2.26. The fourth-order valence-electron chi connectivity index (χ4n) is 4.80. The summed E-state index contributed by atoms with van der Waals surface area (Å²) in [5.41, 5.74) is 0.819. The maximum absolute atomic E-state index is 12.6. The van der Waals surface area contributed by atoms with E-state index in [0.717, 1.165) is 76.2 Å². The van der Waals surface area contributed by atoms with Crippen LogP contribution in [0.3, 0.4) is 0 Å². The number of unbranched alkanes of at least 4 members (excludes halogenated alkanes) is 12. The topological polar surface area (TPSA) is 92.0 Å². The molecule has 236 valence electrons. The van der Waals surface area contributed by atoms with Crippen LogP contribution in [0, 0.1) is 0 Å². The van der Waals surface area contributed by atoms with E-state index in [4.69, 9.17) is 18.6 Å². The first-order chi connectivity index (χ1) is 20.0. The molecular weight excluding hydrogens is 520 g/mol. The van der Waals surface area contributed by atoms with Gasteiger partial charge in [-0.15, -0.1) is 0 Å². The second kappa shape index (κ2) is 25.4. The second-order valence-corrected chi connectivity index (χ2v) is 11.3. The Bertz CT molecular complexity index is 774. The van der Waals surface area contributed by atoms with Crippen molar-refractivity contribution in [2.75, 3.05) is 6.61 Å². The fourth-order valence-corrected chi connectivity index (χ4v) is 4.80. The van der Waals surface area contributed by atoms with Gasteiger partial charge in [0.05, 0.1) is 12.5 Å². The van der Waals surface area contributed by atoms with Crippen molar-refractivity contribution < 1.29 is 33.0 Å². The Kier molecular flexibility index (Phi) is 22.7. The Labute approximate surface area is 249 Å². The maximum Gasteiger partial charge on any atom is 0.306 e. The third kappa shape index (κ3) is 20.3. The van der Waals surface area contributed by atoms with E-state index in [1.165, 1.54) is 25.7 Å². The molecule has 0 aromatic carbocycles. The molecule has 1 rings (SSSR count). The minimum absolute atomic E-state index is 0.0588. The molecule has 0 saturated carbocycles.